The van der Waals surface area contributed by atoms with Gasteiger partial charge in [0, 0.05) is 38.1 Å². The molecular weight excluding hydrogens is 398 g/mol. The molecule has 1 aliphatic carbocycles. The summed E-state index contributed by atoms with van der Waals surface area (Å²) < 4.78 is 28.0. The molecule has 0 N–H and O–H groups in total. The van der Waals surface area contributed by atoms with Gasteiger partial charge in [0.15, 0.2) is 0 Å². The van der Waals surface area contributed by atoms with E-state index in [1.165, 1.54) is 17.5 Å². The maximum absolute atomic E-state index is 13.2. The highest BCUT2D eigenvalue weighted by molar-refractivity contribution is 7.89. The summed E-state index contributed by atoms with van der Waals surface area (Å²) in [4.78, 5) is 17.7. The Balaban J connectivity index is 1.38. The fourth-order valence-corrected chi connectivity index (χ4v) is 6.72. The van der Waals surface area contributed by atoms with Crippen LogP contribution in [0.3, 0.4) is 0 Å². The highest BCUT2D eigenvalue weighted by atomic mass is 32.2. The number of likely N-dealkylation sites (N-methyl/N-ethyl adjacent to an activating group) is 1. The first kappa shape index (κ1) is 21.8. The molecule has 0 spiro atoms. The Morgan fingerprint density at radius 3 is 2.37 bits per heavy atom. The molecule has 4 rings (SSSR count). The molecule has 0 saturated carbocycles. The maximum Gasteiger partial charge on any atom is 0.243 e. The lowest BCUT2D eigenvalue weighted by Crippen LogP contribution is -2.51. The summed E-state index contributed by atoms with van der Waals surface area (Å²) in [5.74, 6) is 0.160. The van der Waals surface area contributed by atoms with Gasteiger partial charge in [-0.1, -0.05) is 6.07 Å². The fraction of sp³-hybridized carbons (Fsp3) is 0.696. The van der Waals surface area contributed by atoms with Crippen LogP contribution in [0.4, 0.5) is 0 Å². The third-order valence-electron chi connectivity index (χ3n) is 7.20. The van der Waals surface area contributed by atoms with E-state index in [1.54, 1.807) is 10.4 Å². The van der Waals surface area contributed by atoms with Crippen molar-refractivity contribution in [3.8, 4) is 0 Å². The van der Waals surface area contributed by atoms with Gasteiger partial charge in [0.2, 0.25) is 15.9 Å². The highest BCUT2D eigenvalue weighted by Crippen LogP contribution is 2.29. The van der Waals surface area contributed by atoms with Gasteiger partial charge in [-0.3, -0.25) is 4.79 Å². The van der Waals surface area contributed by atoms with Gasteiger partial charge in [-0.25, -0.2) is 8.42 Å². The Morgan fingerprint density at radius 2 is 1.67 bits per heavy atom. The monoisotopic (exact) mass is 433 g/mol. The number of aryl methyl sites for hydroxylation is 2. The first-order valence-electron chi connectivity index (χ1n) is 11.4. The molecular formula is C23H35N3O3S. The second-order valence-electron chi connectivity index (χ2n) is 9.36. The molecule has 2 aliphatic heterocycles. The Hall–Kier alpha value is -1.44. The molecule has 6 nitrogen and oxygen atoms in total. The van der Waals surface area contributed by atoms with E-state index in [1.807, 2.05) is 17.0 Å². The number of sulfonamides is 1. The molecule has 3 aliphatic rings. The largest absolute Gasteiger partial charge is 0.341 e. The molecule has 1 atom stereocenters. The van der Waals surface area contributed by atoms with E-state index in [4.69, 9.17) is 0 Å². The SMILES string of the molecule is CN(C)C1CCCN(C(=O)C2CCN(S(=O)(=O)c3ccc4c(c3)CCCC4)CC2)C1. The van der Waals surface area contributed by atoms with Gasteiger partial charge < -0.3 is 9.80 Å². The van der Waals surface area contributed by atoms with Crippen LogP contribution in [-0.2, 0) is 27.7 Å². The van der Waals surface area contributed by atoms with Crippen molar-refractivity contribution in [1.29, 1.82) is 0 Å². The third kappa shape index (κ3) is 4.43. The van der Waals surface area contributed by atoms with Gasteiger partial charge in [-0.15, -0.1) is 0 Å². The number of nitrogens with zero attached hydrogens (tertiary/aromatic N) is 3. The Bertz CT molecular complexity index is 876. The van der Waals surface area contributed by atoms with Gasteiger partial charge in [0.05, 0.1) is 4.90 Å². The zero-order valence-corrected chi connectivity index (χ0v) is 19.2. The molecule has 30 heavy (non-hydrogen) atoms. The smallest absolute Gasteiger partial charge is 0.243 e. The number of benzene rings is 1. The molecule has 7 heteroatoms. The van der Waals surface area contributed by atoms with E-state index in [2.05, 4.69) is 19.0 Å². The van der Waals surface area contributed by atoms with Gasteiger partial charge in [-0.2, -0.15) is 4.31 Å². The van der Waals surface area contributed by atoms with Crippen LogP contribution in [0.15, 0.2) is 23.1 Å². The van der Waals surface area contributed by atoms with Crippen LogP contribution in [0.1, 0.15) is 49.7 Å². The van der Waals surface area contributed by atoms with Crippen LogP contribution < -0.4 is 0 Å². The third-order valence-corrected chi connectivity index (χ3v) is 9.09. The quantitative estimate of drug-likeness (QED) is 0.732. The van der Waals surface area contributed by atoms with Crippen molar-refractivity contribution in [2.24, 2.45) is 5.92 Å². The minimum atomic E-state index is -3.49. The molecule has 0 bridgehead atoms. The van der Waals surface area contributed by atoms with Gasteiger partial charge in [-0.05, 0) is 88.7 Å². The molecule has 1 unspecified atom stereocenters. The molecule has 0 aromatic heterocycles. The molecule has 1 aromatic rings. The molecule has 2 fully saturated rings. The second kappa shape index (κ2) is 8.97. The molecule has 1 amide bonds. The van der Waals surface area contributed by atoms with Crippen molar-refractivity contribution in [1.82, 2.24) is 14.1 Å². The number of rotatable bonds is 4. The number of piperidine rings is 2. The minimum Gasteiger partial charge on any atom is -0.341 e. The van der Waals surface area contributed by atoms with Gasteiger partial charge in [0.25, 0.3) is 0 Å². The van der Waals surface area contributed by atoms with Crippen LogP contribution in [-0.4, -0.2) is 74.7 Å². The number of carbonyl (C=O) groups is 1. The maximum atomic E-state index is 13.2. The number of amides is 1. The highest BCUT2D eigenvalue weighted by Gasteiger charge is 2.35. The first-order valence-corrected chi connectivity index (χ1v) is 12.9. The second-order valence-corrected chi connectivity index (χ2v) is 11.3. The molecule has 166 valence electrons. The summed E-state index contributed by atoms with van der Waals surface area (Å²) in [6.45, 7) is 2.48. The Labute approximate surface area is 181 Å². The number of carbonyl (C=O) groups excluding carboxylic acids is 1. The zero-order chi connectivity index (χ0) is 21.3. The van der Waals surface area contributed by atoms with E-state index >= 15 is 0 Å². The van der Waals surface area contributed by atoms with Crippen molar-refractivity contribution in [3.63, 3.8) is 0 Å². The minimum absolute atomic E-state index is 0.0547. The van der Waals surface area contributed by atoms with Crippen LogP contribution in [0.25, 0.3) is 0 Å². The van der Waals surface area contributed by atoms with Gasteiger partial charge >= 0.3 is 0 Å². The number of fused-ring (bicyclic) bond motifs is 1. The predicted octanol–water partition coefficient (Wildman–Crippen LogP) is 2.52. The fourth-order valence-electron chi connectivity index (χ4n) is 5.20. The predicted molar refractivity (Wildman–Crippen MR) is 118 cm³/mol. The van der Waals surface area contributed by atoms with Crippen molar-refractivity contribution in [2.75, 3.05) is 40.3 Å². The first-order chi connectivity index (χ1) is 14.4. The number of hydrogen-bond acceptors (Lipinski definition) is 4. The van der Waals surface area contributed by atoms with Crippen molar-refractivity contribution in [3.05, 3.63) is 29.3 Å². The Kier molecular flexibility index (Phi) is 6.51. The molecule has 0 radical (unpaired) electrons. The van der Waals surface area contributed by atoms with E-state index < -0.39 is 10.0 Å². The normalized spacial score (nSPS) is 24.1. The average molecular weight is 434 g/mol. The standard InChI is InChI=1S/C23H35N3O3S/c1-24(2)21-8-5-13-25(17-21)23(27)19-11-14-26(15-12-19)30(28,29)22-10-9-18-6-3-4-7-20(18)16-22/h9-10,16,19,21H,3-8,11-15,17H2,1-2H3. The summed E-state index contributed by atoms with van der Waals surface area (Å²) >= 11 is 0. The van der Waals surface area contributed by atoms with Crippen LogP contribution in [0.5, 0.6) is 0 Å². The Morgan fingerprint density at radius 1 is 0.967 bits per heavy atom. The lowest BCUT2D eigenvalue weighted by molar-refractivity contribution is -0.138. The van der Waals surface area contributed by atoms with Crippen LogP contribution in [0, 0.1) is 5.92 Å². The van der Waals surface area contributed by atoms with Crippen molar-refractivity contribution in [2.45, 2.75) is 62.3 Å². The summed E-state index contributed by atoms with van der Waals surface area (Å²) in [5, 5.41) is 0. The number of likely N-dealkylation sites (tertiary alicyclic amines) is 1. The van der Waals surface area contributed by atoms with Crippen LogP contribution >= 0.6 is 0 Å². The average Bonchev–Trinajstić information content (AvgIpc) is 2.78. The zero-order valence-electron chi connectivity index (χ0n) is 18.3. The lowest BCUT2D eigenvalue weighted by Gasteiger charge is -2.39. The molecule has 2 heterocycles. The van der Waals surface area contributed by atoms with Crippen molar-refractivity contribution < 1.29 is 13.2 Å². The topological polar surface area (TPSA) is 60.9 Å². The summed E-state index contributed by atoms with van der Waals surface area (Å²) in [5.41, 5.74) is 2.48. The van der Waals surface area contributed by atoms with E-state index in [0.717, 1.165) is 45.2 Å². The number of hydrogen-bond donors (Lipinski definition) is 0. The van der Waals surface area contributed by atoms with Gasteiger partial charge in [0.1, 0.15) is 0 Å². The molecule has 2 saturated heterocycles. The summed E-state index contributed by atoms with van der Waals surface area (Å²) in [7, 11) is 0.656. The van der Waals surface area contributed by atoms with Crippen LogP contribution in [0.2, 0.25) is 0 Å². The lowest BCUT2D eigenvalue weighted by atomic mass is 9.92. The summed E-state index contributed by atoms with van der Waals surface area (Å²) in [6, 6.07) is 6.07. The van der Waals surface area contributed by atoms with E-state index in [9.17, 15) is 13.2 Å². The summed E-state index contributed by atoms with van der Waals surface area (Å²) in [6.07, 6.45) is 7.75. The van der Waals surface area contributed by atoms with E-state index in [0.29, 0.717) is 36.9 Å². The van der Waals surface area contributed by atoms with Crippen molar-refractivity contribution >= 4 is 15.9 Å². The van der Waals surface area contributed by atoms with E-state index in [-0.39, 0.29) is 11.8 Å². The molecule has 1 aromatic carbocycles.